The fourth-order valence-corrected chi connectivity index (χ4v) is 2.15. The second-order valence-corrected chi connectivity index (χ2v) is 4.52. The number of hydrogen-bond donors (Lipinski definition) is 2. The summed E-state index contributed by atoms with van der Waals surface area (Å²) in [6, 6.07) is 5.27. The predicted molar refractivity (Wildman–Crippen MR) is 76.0 cm³/mol. The average Bonchev–Trinajstić information content (AvgIpc) is 2.37. The van der Waals surface area contributed by atoms with Crippen molar-refractivity contribution < 1.29 is 4.79 Å². The van der Waals surface area contributed by atoms with Gasteiger partial charge in [0, 0.05) is 18.4 Å². The number of nitrogen functional groups attached to an aromatic ring is 1. The van der Waals surface area contributed by atoms with Crippen LogP contribution in [0.25, 0.3) is 10.9 Å². The van der Waals surface area contributed by atoms with Crippen molar-refractivity contribution in [3.63, 3.8) is 0 Å². The predicted octanol–water partition coefficient (Wildman–Crippen LogP) is 1.48. The van der Waals surface area contributed by atoms with E-state index < -0.39 is 11.3 Å². The number of amides is 1. The Balaban J connectivity index is 2.80. The number of fused-ring (bicyclic) bond motifs is 1. The third-order valence-electron chi connectivity index (χ3n) is 3.16. The number of nitrogens with zero attached hydrogens (tertiary/aromatic N) is 1. The van der Waals surface area contributed by atoms with Crippen molar-refractivity contribution in [1.29, 1.82) is 0 Å². The van der Waals surface area contributed by atoms with Gasteiger partial charge >= 0.3 is 0 Å². The Kier molecular flexibility index (Phi) is 3.55. The summed E-state index contributed by atoms with van der Waals surface area (Å²) in [5.41, 5.74) is 11.8. The number of unbranched alkanes of at least 4 members (excludes halogenated alkanes) is 1. The molecule has 1 amide bonds. The van der Waals surface area contributed by atoms with Gasteiger partial charge < -0.3 is 16.0 Å². The lowest BCUT2D eigenvalue weighted by Crippen LogP contribution is -2.24. The first-order chi connectivity index (χ1) is 9.06. The van der Waals surface area contributed by atoms with Gasteiger partial charge in [0.2, 0.25) is 5.43 Å². The molecule has 0 aliphatic heterocycles. The summed E-state index contributed by atoms with van der Waals surface area (Å²) in [5.74, 6) is -0.722. The van der Waals surface area contributed by atoms with Gasteiger partial charge in [-0.1, -0.05) is 19.4 Å². The van der Waals surface area contributed by atoms with Gasteiger partial charge in [0.1, 0.15) is 5.56 Å². The Labute approximate surface area is 110 Å². The Morgan fingerprint density at radius 3 is 2.74 bits per heavy atom. The molecule has 1 aromatic carbocycles. The summed E-state index contributed by atoms with van der Waals surface area (Å²) in [7, 11) is 0. The van der Waals surface area contributed by atoms with Crippen LogP contribution in [0, 0.1) is 0 Å². The van der Waals surface area contributed by atoms with E-state index in [1.165, 1.54) is 6.20 Å². The maximum atomic E-state index is 12.2. The highest BCUT2D eigenvalue weighted by atomic mass is 16.2. The molecule has 1 aromatic heterocycles. The molecule has 5 heteroatoms. The van der Waals surface area contributed by atoms with Gasteiger partial charge in [-0.05, 0) is 18.6 Å². The van der Waals surface area contributed by atoms with Gasteiger partial charge in [-0.3, -0.25) is 9.59 Å². The zero-order valence-electron chi connectivity index (χ0n) is 10.8. The smallest absolute Gasteiger partial charge is 0.254 e. The fourth-order valence-electron chi connectivity index (χ4n) is 2.15. The van der Waals surface area contributed by atoms with E-state index in [2.05, 4.69) is 6.92 Å². The molecule has 5 nitrogen and oxygen atoms in total. The van der Waals surface area contributed by atoms with E-state index in [0.717, 1.165) is 24.9 Å². The van der Waals surface area contributed by atoms with Crippen LogP contribution in [-0.4, -0.2) is 10.5 Å². The third kappa shape index (κ3) is 2.31. The zero-order chi connectivity index (χ0) is 14.0. The van der Waals surface area contributed by atoms with Crippen molar-refractivity contribution in [2.45, 2.75) is 26.3 Å². The number of benzene rings is 1. The molecule has 1 heterocycles. The van der Waals surface area contributed by atoms with Crippen molar-refractivity contribution in [2.24, 2.45) is 5.73 Å². The highest BCUT2D eigenvalue weighted by molar-refractivity contribution is 5.99. The number of aryl methyl sites for hydroxylation is 1. The number of anilines is 1. The number of aromatic nitrogens is 1. The first-order valence-electron chi connectivity index (χ1n) is 6.27. The van der Waals surface area contributed by atoms with E-state index in [9.17, 15) is 9.59 Å². The van der Waals surface area contributed by atoms with Crippen molar-refractivity contribution in [3.05, 3.63) is 40.2 Å². The summed E-state index contributed by atoms with van der Waals surface area (Å²) < 4.78 is 1.87. The standard InChI is InChI=1S/C14H17N3O2/c1-2-3-7-17-8-9(14(16)19)13(18)12-10(15)5-4-6-11(12)17/h4-6,8H,2-3,7,15H2,1H3,(H2,16,19). The third-order valence-corrected chi connectivity index (χ3v) is 3.16. The van der Waals surface area contributed by atoms with Gasteiger partial charge in [0.05, 0.1) is 10.9 Å². The first-order valence-corrected chi connectivity index (χ1v) is 6.27. The van der Waals surface area contributed by atoms with E-state index in [4.69, 9.17) is 11.5 Å². The number of pyridine rings is 1. The molecule has 100 valence electrons. The average molecular weight is 259 g/mol. The van der Waals surface area contributed by atoms with Crippen LogP contribution in [0.15, 0.2) is 29.2 Å². The SMILES string of the molecule is CCCCn1cc(C(N)=O)c(=O)c2c(N)cccc21. The molecule has 0 fully saturated rings. The molecule has 0 unspecified atom stereocenters. The number of rotatable bonds is 4. The Bertz CT molecular complexity index is 689. The minimum Gasteiger partial charge on any atom is -0.398 e. The van der Waals surface area contributed by atoms with Gasteiger partial charge in [-0.25, -0.2) is 0 Å². The summed E-state index contributed by atoms with van der Waals surface area (Å²) >= 11 is 0. The monoisotopic (exact) mass is 259 g/mol. The first kappa shape index (κ1) is 13.1. The minimum absolute atomic E-state index is 0.0125. The summed E-state index contributed by atoms with van der Waals surface area (Å²) in [6.45, 7) is 2.80. The topological polar surface area (TPSA) is 91.1 Å². The number of carbonyl (C=O) groups excluding carboxylic acids is 1. The van der Waals surface area contributed by atoms with Crippen LogP contribution in [0.4, 0.5) is 5.69 Å². The Morgan fingerprint density at radius 2 is 2.11 bits per heavy atom. The highest BCUT2D eigenvalue weighted by Crippen LogP contribution is 2.18. The zero-order valence-corrected chi connectivity index (χ0v) is 10.8. The number of hydrogen-bond acceptors (Lipinski definition) is 3. The molecule has 0 bridgehead atoms. The van der Waals surface area contributed by atoms with Gasteiger partial charge in [0.15, 0.2) is 0 Å². The van der Waals surface area contributed by atoms with Crippen LogP contribution >= 0.6 is 0 Å². The Hall–Kier alpha value is -2.30. The summed E-state index contributed by atoms with van der Waals surface area (Å²) in [6.07, 6.45) is 3.49. The summed E-state index contributed by atoms with van der Waals surface area (Å²) in [4.78, 5) is 23.6. The van der Waals surface area contributed by atoms with Crippen LogP contribution in [0.1, 0.15) is 30.1 Å². The van der Waals surface area contributed by atoms with Crippen LogP contribution in [-0.2, 0) is 6.54 Å². The van der Waals surface area contributed by atoms with Crippen LogP contribution in [0.3, 0.4) is 0 Å². The maximum absolute atomic E-state index is 12.2. The molecule has 0 radical (unpaired) electrons. The van der Waals surface area contributed by atoms with Crippen molar-refractivity contribution in [3.8, 4) is 0 Å². The molecule has 2 aromatic rings. The van der Waals surface area contributed by atoms with Gasteiger partial charge in [-0.2, -0.15) is 0 Å². The van der Waals surface area contributed by atoms with Crippen LogP contribution < -0.4 is 16.9 Å². The highest BCUT2D eigenvalue weighted by Gasteiger charge is 2.14. The molecule has 0 spiro atoms. The second kappa shape index (κ2) is 5.14. The van der Waals surface area contributed by atoms with E-state index in [1.54, 1.807) is 12.1 Å². The van der Waals surface area contributed by atoms with E-state index in [1.807, 2.05) is 10.6 Å². The Morgan fingerprint density at radius 1 is 1.37 bits per heavy atom. The fraction of sp³-hybridized carbons (Fsp3) is 0.286. The molecular weight excluding hydrogens is 242 g/mol. The molecule has 4 N–H and O–H groups in total. The van der Waals surface area contributed by atoms with E-state index in [0.29, 0.717) is 11.1 Å². The van der Waals surface area contributed by atoms with Gasteiger partial charge in [-0.15, -0.1) is 0 Å². The lowest BCUT2D eigenvalue weighted by molar-refractivity contribution is 0.0998. The molecule has 0 saturated carbocycles. The van der Waals surface area contributed by atoms with Crippen LogP contribution in [0.5, 0.6) is 0 Å². The lowest BCUT2D eigenvalue weighted by Gasteiger charge is -2.13. The quantitative estimate of drug-likeness (QED) is 0.815. The van der Waals surface area contributed by atoms with Crippen molar-refractivity contribution >= 4 is 22.5 Å². The molecule has 0 aliphatic carbocycles. The largest absolute Gasteiger partial charge is 0.398 e. The van der Waals surface area contributed by atoms with Gasteiger partial charge in [0.25, 0.3) is 5.91 Å². The van der Waals surface area contributed by atoms with Crippen molar-refractivity contribution in [2.75, 3.05) is 5.73 Å². The number of nitrogens with two attached hydrogens (primary N) is 2. The maximum Gasteiger partial charge on any atom is 0.254 e. The summed E-state index contributed by atoms with van der Waals surface area (Å²) in [5, 5.41) is 0.370. The number of primary amides is 1. The molecule has 19 heavy (non-hydrogen) atoms. The lowest BCUT2D eigenvalue weighted by atomic mass is 10.1. The van der Waals surface area contributed by atoms with E-state index in [-0.39, 0.29) is 5.56 Å². The molecular formula is C14H17N3O2. The van der Waals surface area contributed by atoms with Crippen LogP contribution in [0.2, 0.25) is 0 Å². The molecule has 0 aliphatic rings. The molecule has 0 saturated heterocycles. The molecule has 2 rings (SSSR count). The van der Waals surface area contributed by atoms with E-state index >= 15 is 0 Å². The number of carbonyl (C=O) groups is 1. The van der Waals surface area contributed by atoms with Crippen molar-refractivity contribution in [1.82, 2.24) is 4.57 Å². The molecule has 0 atom stereocenters. The second-order valence-electron chi connectivity index (χ2n) is 4.52. The minimum atomic E-state index is -0.722. The normalized spacial score (nSPS) is 10.8.